The van der Waals surface area contributed by atoms with Crippen molar-refractivity contribution in [3.05, 3.63) is 73.4 Å². The molecule has 0 aliphatic carbocycles. The first kappa shape index (κ1) is 30.0. The van der Waals surface area contributed by atoms with Crippen molar-refractivity contribution >= 4 is 57.0 Å². The van der Waals surface area contributed by atoms with Gasteiger partial charge >= 0.3 is 11.7 Å². The number of allylic oxidation sites excluding steroid dienone is 1. The number of hydrazone groups is 1. The van der Waals surface area contributed by atoms with Crippen molar-refractivity contribution in [3.63, 3.8) is 0 Å². The zero-order valence-corrected chi connectivity index (χ0v) is 23.6. The Morgan fingerprint density at radius 1 is 1.32 bits per heavy atom. The summed E-state index contributed by atoms with van der Waals surface area (Å²) in [6, 6.07) is 10.6. The van der Waals surface area contributed by atoms with Gasteiger partial charge in [0.25, 0.3) is 5.91 Å². The van der Waals surface area contributed by atoms with Crippen LogP contribution in [-0.2, 0) is 14.3 Å². The maximum atomic E-state index is 12.7. The van der Waals surface area contributed by atoms with E-state index in [0.29, 0.717) is 27.7 Å². The predicted octanol–water partition coefficient (Wildman–Crippen LogP) is 3.14. The first-order chi connectivity index (χ1) is 19.2. The van der Waals surface area contributed by atoms with Crippen LogP contribution >= 0.6 is 28.1 Å². The Morgan fingerprint density at radius 2 is 2.08 bits per heavy atom. The molecule has 13 nitrogen and oxygen atoms in total. The minimum absolute atomic E-state index is 0.0973. The highest BCUT2D eigenvalue weighted by Crippen LogP contribution is 2.36. The van der Waals surface area contributed by atoms with Crippen molar-refractivity contribution in [3.8, 4) is 17.6 Å². The molecule has 0 bridgehead atoms. The second-order valence-electron chi connectivity index (χ2n) is 7.97. The van der Waals surface area contributed by atoms with Crippen LogP contribution < -0.4 is 25.5 Å². The molecule has 2 aromatic rings. The summed E-state index contributed by atoms with van der Waals surface area (Å²) in [5.74, 6) is -0.906. The molecule has 0 unspecified atom stereocenters. The molecule has 1 heterocycles. The molecular weight excluding hydrogens is 608 g/mol. The molecule has 1 amide bonds. The number of para-hydroxylation sites is 1. The Morgan fingerprint density at radius 3 is 2.77 bits per heavy atom. The van der Waals surface area contributed by atoms with E-state index in [-0.39, 0.29) is 34.7 Å². The molecule has 0 spiro atoms. The fourth-order valence-corrected chi connectivity index (χ4v) is 4.52. The van der Waals surface area contributed by atoms with Gasteiger partial charge in [-0.2, -0.15) is 10.4 Å². The van der Waals surface area contributed by atoms with Gasteiger partial charge in [-0.15, -0.1) is 0 Å². The highest BCUT2D eigenvalue weighted by atomic mass is 79.9. The minimum atomic E-state index is -0.681. The standard InChI is InChI=1S/C25H23BrN6O7S/c1-3-37-24(34)21-14(2)29-25(40)30-22(21)16-6-4-5-7-19(16)39-13-20(33)31-28-12-15-10-17(26)23(38-9-8-27)18(11-15)32(35)36/h4-7,10-12,22H,3,9,13H2,1-2H3,(H,31,33)(H2,29,30,40)/t22-/m1/s1. The van der Waals surface area contributed by atoms with E-state index in [1.165, 1.54) is 18.3 Å². The zero-order chi connectivity index (χ0) is 29.2. The fourth-order valence-electron chi connectivity index (χ4n) is 3.67. The second-order valence-corrected chi connectivity index (χ2v) is 9.23. The summed E-state index contributed by atoms with van der Waals surface area (Å²) in [7, 11) is 0. The second kappa shape index (κ2) is 14.0. The Balaban J connectivity index is 1.71. The number of amides is 1. The van der Waals surface area contributed by atoms with E-state index in [0.717, 1.165) is 0 Å². The average Bonchev–Trinajstić information content (AvgIpc) is 2.90. The summed E-state index contributed by atoms with van der Waals surface area (Å²) in [5, 5.41) is 30.2. The predicted molar refractivity (Wildman–Crippen MR) is 151 cm³/mol. The number of halogens is 1. The lowest BCUT2D eigenvalue weighted by atomic mass is 9.95. The SMILES string of the molecule is CCOC(=O)C1=C(C)NC(=S)N[C@@H]1c1ccccc1OCC(=O)NN=Cc1cc(Br)c(OCC#N)c([N+](=O)[O-])c1. The van der Waals surface area contributed by atoms with E-state index in [2.05, 4.69) is 37.1 Å². The van der Waals surface area contributed by atoms with Gasteiger partial charge in [-0.25, -0.2) is 10.2 Å². The molecule has 3 rings (SSSR count). The number of nitriles is 1. The van der Waals surface area contributed by atoms with E-state index in [1.807, 2.05) is 0 Å². The van der Waals surface area contributed by atoms with Crippen LogP contribution in [0.5, 0.6) is 11.5 Å². The fraction of sp³-hybridized carbons (Fsp3) is 0.240. The lowest BCUT2D eigenvalue weighted by molar-refractivity contribution is -0.385. The van der Waals surface area contributed by atoms with E-state index in [4.69, 9.17) is 31.7 Å². The molecule has 0 saturated heterocycles. The van der Waals surface area contributed by atoms with Crippen molar-refractivity contribution in [1.29, 1.82) is 5.26 Å². The Labute approximate surface area is 242 Å². The third kappa shape index (κ3) is 7.52. The smallest absolute Gasteiger partial charge is 0.338 e. The number of hydrogen-bond acceptors (Lipinski definition) is 10. The summed E-state index contributed by atoms with van der Waals surface area (Å²) in [6.45, 7) is 2.81. The number of nitro groups is 1. The van der Waals surface area contributed by atoms with E-state index in [9.17, 15) is 19.7 Å². The van der Waals surface area contributed by atoms with Crippen molar-refractivity contribution < 1.29 is 28.7 Å². The van der Waals surface area contributed by atoms with Crippen LogP contribution in [0.25, 0.3) is 0 Å². The highest BCUT2D eigenvalue weighted by Gasteiger charge is 2.32. The molecule has 208 valence electrons. The van der Waals surface area contributed by atoms with Gasteiger partial charge in [-0.3, -0.25) is 14.9 Å². The number of nitrogens with zero attached hydrogens (tertiary/aromatic N) is 3. The maximum Gasteiger partial charge on any atom is 0.338 e. The van der Waals surface area contributed by atoms with Crippen LogP contribution in [0.4, 0.5) is 5.69 Å². The van der Waals surface area contributed by atoms with Crippen LogP contribution in [0.2, 0.25) is 0 Å². The van der Waals surface area contributed by atoms with Gasteiger partial charge in [0.15, 0.2) is 18.3 Å². The Kier molecular flexibility index (Phi) is 10.5. The van der Waals surface area contributed by atoms with Crippen LogP contribution in [0.3, 0.4) is 0 Å². The first-order valence-corrected chi connectivity index (χ1v) is 12.8. The van der Waals surface area contributed by atoms with Crippen molar-refractivity contribution in [2.75, 3.05) is 19.8 Å². The number of thiocarbonyl (C=S) groups is 1. The van der Waals surface area contributed by atoms with Crippen LogP contribution in [0.15, 0.2) is 57.2 Å². The lowest BCUT2D eigenvalue weighted by Crippen LogP contribution is -2.45. The summed E-state index contributed by atoms with van der Waals surface area (Å²) in [5.41, 5.74) is 3.61. The molecule has 2 aromatic carbocycles. The monoisotopic (exact) mass is 630 g/mol. The number of carbonyl (C=O) groups is 2. The molecule has 3 N–H and O–H groups in total. The highest BCUT2D eigenvalue weighted by molar-refractivity contribution is 9.10. The van der Waals surface area contributed by atoms with Crippen LogP contribution in [0, 0.1) is 21.4 Å². The summed E-state index contributed by atoms with van der Waals surface area (Å²) >= 11 is 8.45. The topological polar surface area (TPSA) is 177 Å². The van der Waals surface area contributed by atoms with Gasteiger partial charge in [-0.05, 0) is 54.1 Å². The van der Waals surface area contributed by atoms with Gasteiger partial charge in [-0.1, -0.05) is 18.2 Å². The number of rotatable bonds is 11. The number of hydrogen-bond donors (Lipinski definition) is 3. The van der Waals surface area contributed by atoms with E-state index < -0.39 is 29.4 Å². The Hall–Kier alpha value is -4.55. The molecule has 1 atom stereocenters. The molecule has 0 aromatic heterocycles. The lowest BCUT2D eigenvalue weighted by Gasteiger charge is -2.30. The molecule has 0 saturated carbocycles. The molecule has 1 aliphatic rings. The number of benzene rings is 2. The van der Waals surface area contributed by atoms with Crippen molar-refractivity contribution in [2.24, 2.45) is 5.10 Å². The van der Waals surface area contributed by atoms with E-state index >= 15 is 0 Å². The normalized spacial score (nSPS) is 14.6. The molecule has 0 fully saturated rings. The first-order valence-electron chi connectivity index (χ1n) is 11.6. The largest absolute Gasteiger partial charge is 0.483 e. The van der Waals surface area contributed by atoms with Crippen LogP contribution in [0.1, 0.15) is 31.0 Å². The molecule has 1 aliphatic heterocycles. The Bertz CT molecular complexity index is 1440. The third-order valence-corrected chi connectivity index (χ3v) is 6.09. The third-order valence-electron chi connectivity index (χ3n) is 5.28. The summed E-state index contributed by atoms with van der Waals surface area (Å²) in [6.07, 6.45) is 1.21. The summed E-state index contributed by atoms with van der Waals surface area (Å²) in [4.78, 5) is 35.8. The van der Waals surface area contributed by atoms with Gasteiger partial charge in [0, 0.05) is 22.9 Å². The molecule has 0 radical (unpaired) electrons. The van der Waals surface area contributed by atoms with Gasteiger partial charge in [0.2, 0.25) is 5.75 Å². The van der Waals surface area contributed by atoms with Crippen molar-refractivity contribution in [2.45, 2.75) is 19.9 Å². The maximum absolute atomic E-state index is 12.7. The quantitative estimate of drug-likeness (QED) is 0.109. The molecule has 15 heteroatoms. The zero-order valence-electron chi connectivity index (χ0n) is 21.2. The van der Waals surface area contributed by atoms with Gasteiger partial charge in [0.05, 0.1) is 33.8 Å². The van der Waals surface area contributed by atoms with Gasteiger partial charge in [0.1, 0.15) is 11.8 Å². The number of carbonyl (C=O) groups excluding carboxylic acids is 2. The van der Waals surface area contributed by atoms with Crippen LogP contribution in [-0.4, -0.2) is 47.9 Å². The number of esters is 1. The van der Waals surface area contributed by atoms with Gasteiger partial charge < -0.3 is 24.8 Å². The minimum Gasteiger partial charge on any atom is -0.483 e. The molecule has 40 heavy (non-hydrogen) atoms. The van der Waals surface area contributed by atoms with Crippen molar-refractivity contribution in [1.82, 2.24) is 16.1 Å². The number of nitro benzene ring substituents is 1. The average molecular weight is 631 g/mol. The summed E-state index contributed by atoms with van der Waals surface area (Å²) < 4.78 is 16.3. The number of nitrogens with one attached hydrogen (secondary N) is 3. The number of ether oxygens (including phenoxy) is 3. The van der Waals surface area contributed by atoms with E-state index in [1.54, 1.807) is 44.2 Å². The molecular formula is C25H23BrN6O7S.